The Bertz CT molecular complexity index is 843. The van der Waals surface area contributed by atoms with Crippen LogP contribution < -0.4 is 20.5 Å². The highest BCUT2D eigenvalue weighted by atomic mass is 19.4. The summed E-state index contributed by atoms with van der Waals surface area (Å²) in [6.45, 7) is 7.09. The number of likely N-dealkylation sites (tertiary alicyclic amines) is 1. The topological polar surface area (TPSA) is 85.5 Å². The summed E-state index contributed by atoms with van der Waals surface area (Å²) in [5.74, 6) is 1.23. The van der Waals surface area contributed by atoms with Crippen molar-refractivity contribution in [2.45, 2.75) is 45.5 Å². The average Bonchev–Trinajstić information content (AvgIpc) is 2.73. The zero-order valence-corrected chi connectivity index (χ0v) is 17.7. The molecule has 0 atom stereocenters. The van der Waals surface area contributed by atoms with Gasteiger partial charge in [0.1, 0.15) is 22.9 Å². The largest absolute Gasteiger partial charge is 0.492 e. The van der Waals surface area contributed by atoms with Gasteiger partial charge in [-0.2, -0.15) is 13.2 Å². The molecular weight excluding hydrogens is 411 g/mol. The van der Waals surface area contributed by atoms with Crippen molar-refractivity contribution in [3.05, 3.63) is 35.7 Å². The van der Waals surface area contributed by atoms with Crippen molar-refractivity contribution in [1.82, 2.24) is 14.9 Å². The average molecular weight is 439 g/mol. The lowest BCUT2D eigenvalue weighted by Gasteiger charge is -2.32. The van der Waals surface area contributed by atoms with E-state index in [1.807, 2.05) is 26.0 Å². The first-order chi connectivity index (χ1) is 14.8. The van der Waals surface area contributed by atoms with Crippen molar-refractivity contribution in [1.29, 1.82) is 0 Å². The number of anilines is 2. The smallest absolute Gasteiger partial charge is 0.433 e. The molecule has 3 rings (SSSR count). The van der Waals surface area contributed by atoms with Gasteiger partial charge in [0, 0.05) is 31.9 Å². The summed E-state index contributed by atoms with van der Waals surface area (Å²) in [4.78, 5) is 9.79. The fraction of sp³-hybridized carbons (Fsp3) is 0.524. The minimum Gasteiger partial charge on any atom is -0.492 e. The second-order valence-electron chi connectivity index (χ2n) is 7.33. The molecule has 2 heterocycles. The van der Waals surface area contributed by atoms with Crippen LogP contribution in [0.25, 0.3) is 0 Å². The van der Waals surface area contributed by atoms with Gasteiger partial charge in [0.05, 0.1) is 13.2 Å². The van der Waals surface area contributed by atoms with Crippen LogP contribution >= 0.6 is 0 Å². The van der Waals surface area contributed by atoms with E-state index in [0.717, 1.165) is 43.8 Å². The number of aromatic nitrogens is 2. The summed E-state index contributed by atoms with van der Waals surface area (Å²) >= 11 is 0. The first-order valence-electron chi connectivity index (χ1n) is 10.4. The van der Waals surface area contributed by atoms with Crippen molar-refractivity contribution in [3.8, 4) is 11.5 Å². The third kappa shape index (κ3) is 6.13. The van der Waals surface area contributed by atoms with E-state index >= 15 is 0 Å². The molecule has 0 unspecified atom stereocenters. The van der Waals surface area contributed by atoms with Crippen LogP contribution in [0.4, 0.5) is 24.8 Å². The Labute approximate surface area is 179 Å². The summed E-state index contributed by atoms with van der Waals surface area (Å²) < 4.78 is 49.8. The number of nitrogens with one attached hydrogen (secondary N) is 1. The van der Waals surface area contributed by atoms with Crippen molar-refractivity contribution in [3.63, 3.8) is 0 Å². The highest BCUT2D eigenvalue weighted by Gasteiger charge is 2.33. The summed E-state index contributed by atoms with van der Waals surface area (Å²) in [6.07, 6.45) is -1.82. The van der Waals surface area contributed by atoms with Crippen molar-refractivity contribution in [2.75, 3.05) is 37.4 Å². The Hall–Kier alpha value is -2.75. The lowest BCUT2D eigenvalue weighted by molar-refractivity contribution is -0.141. The van der Waals surface area contributed by atoms with Crippen LogP contribution in [-0.4, -0.2) is 47.2 Å². The molecule has 1 aliphatic heterocycles. The second-order valence-corrected chi connectivity index (χ2v) is 7.33. The zero-order chi connectivity index (χ0) is 22.4. The molecule has 0 radical (unpaired) electrons. The van der Waals surface area contributed by atoms with E-state index in [2.05, 4.69) is 20.2 Å². The lowest BCUT2D eigenvalue weighted by Crippen LogP contribution is -2.39. The zero-order valence-electron chi connectivity index (χ0n) is 17.7. The number of hydrogen-bond acceptors (Lipinski definition) is 7. The molecule has 0 spiro atoms. The van der Waals surface area contributed by atoms with Crippen LogP contribution in [0.3, 0.4) is 0 Å². The predicted molar refractivity (Wildman–Crippen MR) is 112 cm³/mol. The molecule has 31 heavy (non-hydrogen) atoms. The van der Waals surface area contributed by atoms with Gasteiger partial charge in [-0.15, -0.1) is 0 Å². The number of hydrogen-bond donors (Lipinski definition) is 2. The number of benzene rings is 1. The van der Waals surface area contributed by atoms with Crippen molar-refractivity contribution < 1.29 is 22.6 Å². The molecule has 0 saturated carbocycles. The Morgan fingerprint density at radius 2 is 1.74 bits per heavy atom. The number of ether oxygens (including phenoxy) is 2. The van der Waals surface area contributed by atoms with E-state index in [9.17, 15) is 13.2 Å². The number of piperidine rings is 1. The summed E-state index contributed by atoms with van der Waals surface area (Å²) in [6, 6.07) is 4.75. The van der Waals surface area contributed by atoms with Gasteiger partial charge >= 0.3 is 6.18 Å². The van der Waals surface area contributed by atoms with E-state index in [1.165, 1.54) is 0 Å². The van der Waals surface area contributed by atoms with Gasteiger partial charge in [-0.25, -0.2) is 9.97 Å². The van der Waals surface area contributed by atoms with Gasteiger partial charge in [0.2, 0.25) is 5.95 Å². The van der Waals surface area contributed by atoms with Crippen LogP contribution in [0.5, 0.6) is 11.5 Å². The molecule has 3 N–H and O–H groups in total. The number of alkyl halides is 3. The molecule has 0 amide bonds. The van der Waals surface area contributed by atoms with E-state index in [4.69, 9.17) is 15.2 Å². The van der Waals surface area contributed by atoms with Gasteiger partial charge in [-0.1, -0.05) is 0 Å². The minimum atomic E-state index is -4.48. The van der Waals surface area contributed by atoms with E-state index in [1.54, 1.807) is 0 Å². The molecule has 0 bridgehead atoms. The maximum atomic E-state index is 12.8. The Kier molecular flexibility index (Phi) is 7.42. The molecule has 1 aliphatic rings. The quantitative estimate of drug-likeness (QED) is 0.603. The van der Waals surface area contributed by atoms with Crippen molar-refractivity contribution in [2.24, 2.45) is 0 Å². The van der Waals surface area contributed by atoms with Gasteiger partial charge in [0.25, 0.3) is 0 Å². The molecule has 1 saturated heterocycles. The predicted octanol–water partition coefficient (Wildman–Crippen LogP) is 3.95. The molecule has 7 nitrogen and oxygen atoms in total. The molecule has 10 heteroatoms. The molecule has 170 valence electrons. The molecule has 2 aromatic rings. The van der Waals surface area contributed by atoms with Crippen molar-refractivity contribution >= 4 is 11.6 Å². The fourth-order valence-electron chi connectivity index (χ4n) is 3.56. The van der Waals surface area contributed by atoms with Crippen LogP contribution in [0.2, 0.25) is 0 Å². The lowest BCUT2D eigenvalue weighted by atomic mass is 10.0. The Morgan fingerprint density at radius 1 is 1.13 bits per heavy atom. The standard InChI is InChI=1S/C21H28F3N5O2/c1-3-30-16-11-14(12-17(19(16)25)31-4-2)13-29-9-6-15(7-10-29)27-20-26-8-5-18(28-20)21(22,23)24/h5,8,11-12,15H,3-4,6-7,9-10,13,25H2,1-2H3,(H,26,27,28). The minimum absolute atomic E-state index is 0.00882. The monoisotopic (exact) mass is 439 g/mol. The number of nitrogens with zero attached hydrogens (tertiary/aromatic N) is 3. The van der Waals surface area contributed by atoms with E-state index in [-0.39, 0.29) is 12.0 Å². The first-order valence-corrected chi connectivity index (χ1v) is 10.4. The Morgan fingerprint density at radius 3 is 2.29 bits per heavy atom. The third-order valence-electron chi connectivity index (χ3n) is 5.04. The Balaban J connectivity index is 1.59. The fourth-order valence-corrected chi connectivity index (χ4v) is 3.56. The third-order valence-corrected chi connectivity index (χ3v) is 5.04. The van der Waals surface area contributed by atoms with Gasteiger partial charge in [-0.3, -0.25) is 4.90 Å². The number of nitrogens with two attached hydrogens (primary N) is 1. The molecular formula is C21H28F3N5O2. The number of rotatable bonds is 8. The molecule has 0 aliphatic carbocycles. The number of nitrogen functional groups attached to an aromatic ring is 1. The summed E-state index contributed by atoms with van der Waals surface area (Å²) in [7, 11) is 0. The van der Waals surface area contributed by atoms with Gasteiger partial charge in [-0.05, 0) is 50.5 Å². The molecule has 1 fully saturated rings. The first kappa shape index (κ1) is 22.9. The van der Waals surface area contributed by atoms with Crippen LogP contribution in [-0.2, 0) is 12.7 Å². The maximum Gasteiger partial charge on any atom is 0.433 e. The maximum absolute atomic E-state index is 12.8. The molecule has 1 aromatic heterocycles. The number of halogens is 3. The van der Waals surface area contributed by atoms with Crippen LogP contribution in [0.1, 0.15) is 37.9 Å². The highest BCUT2D eigenvalue weighted by molar-refractivity contribution is 5.64. The molecule has 1 aromatic carbocycles. The highest BCUT2D eigenvalue weighted by Crippen LogP contribution is 2.34. The summed E-state index contributed by atoms with van der Waals surface area (Å²) in [5.41, 5.74) is 6.72. The van der Waals surface area contributed by atoms with Gasteiger partial charge in [0.15, 0.2) is 0 Å². The van der Waals surface area contributed by atoms with Crippen LogP contribution in [0, 0.1) is 0 Å². The SMILES string of the molecule is CCOc1cc(CN2CCC(Nc3nccc(C(F)(F)F)n3)CC2)cc(OCC)c1N. The summed E-state index contributed by atoms with van der Waals surface area (Å²) in [5, 5.41) is 3.03. The van der Waals surface area contributed by atoms with Crippen LogP contribution in [0.15, 0.2) is 24.4 Å². The van der Waals surface area contributed by atoms with E-state index in [0.29, 0.717) is 36.9 Å². The second kappa shape index (κ2) is 10.0. The van der Waals surface area contributed by atoms with E-state index < -0.39 is 11.9 Å². The van der Waals surface area contributed by atoms with Gasteiger partial charge < -0.3 is 20.5 Å². The normalized spacial score (nSPS) is 15.6.